The molecule has 1 fully saturated rings. The third kappa shape index (κ3) is 3.79. The Labute approximate surface area is 95.1 Å². The average Bonchev–Trinajstić information content (AvgIpc) is 2.26. The molecule has 0 radical (unpaired) electrons. The zero-order chi connectivity index (χ0) is 12.1. The van der Waals surface area contributed by atoms with Gasteiger partial charge in [-0.05, 0) is 25.8 Å². The Bertz CT molecular complexity index is 270. The summed E-state index contributed by atoms with van der Waals surface area (Å²) in [4.78, 5) is 12.7. The summed E-state index contributed by atoms with van der Waals surface area (Å²) in [6.45, 7) is 2.36. The number of hydrogen-bond acceptors (Lipinski definition) is 4. The highest BCUT2D eigenvalue weighted by Gasteiger charge is 2.22. The Hall–Kier alpha value is -1.14. The third-order valence-corrected chi connectivity index (χ3v) is 3.02. The number of aliphatic carboxylic acids is 1. The highest BCUT2D eigenvalue weighted by molar-refractivity contribution is 5.79. The highest BCUT2D eigenvalue weighted by atomic mass is 16.4. The van der Waals surface area contributed by atoms with Crippen LogP contribution >= 0.6 is 0 Å². The average molecular weight is 228 g/mol. The molecule has 6 heteroatoms. The fourth-order valence-electron chi connectivity index (χ4n) is 1.96. The van der Waals surface area contributed by atoms with Gasteiger partial charge in [0.25, 0.3) is 0 Å². The second kappa shape index (κ2) is 5.81. The van der Waals surface area contributed by atoms with Crippen molar-refractivity contribution in [3.05, 3.63) is 0 Å². The Morgan fingerprint density at radius 2 is 2.31 bits per heavy atom. The van der Waals surface area contributed by atoms with E-state index in [1.807, 2.05) is 0 Å². The minimum Gasteiger partial charge on any atom is -0.480 e. The van der Waals surface area contributed by atoms with Gasteiger partial charge in [-0.2, -0.15) is 0 Å². The van der Waals surface area contributed by atoms with Crippen LogP contribution in [0.5, 0.6) is 0 Å². The van der Waals surface area contributed by atoms with Gasteiger partial charge in [0.1, 0.15) is 6.04 Å². The van der Waals surface area contributed by atoms with Crippen molar-refractivity contribution in [2.24, 2.45) is 17.4 Å². The van der Waals surface area contributed by atoms with Crippen molar-refractivity contribution in [1.82, 2.24) is 4.90 Å². The molecule has 1 rings (SSSR count). The maximum atomic E-state index is 10.5. The summed E-state index contributed by atoms with van der Waals surface area (Å²) in [5, 5.41) is 16.1. The van der Waals surface area contributed by atoms with Crippen molar-refractivity contribution in [2.75, 3.05) is 19.6 Å². The SMILES string of the molecule is N=C(N)C1CCCN(CC[C@H](N)C(=O)O)C1. The number of piperidine rings is 1. The molecule has 1 saturated heterocycles. The van der Waals surface area contributed by atoms with Crippen molar-refractivity contribution in [2.45, 2.75) is 25.3 Å². The molecule has 2 atom stereocenters. The van der Waals surface area contributed by atoms with Crippen LogP contribution in [0.4, 0.5) is 0 Å². The normalized spacial score (nSPS) is 23.9. The summed E-state index contributed by atoms with van der Waals surface area (Å²) < 4.78 is 0. The van der Waals surface area contributed by atoms with E-state index in [1.54, 1.807) is 0 Å². The molecule has 1 heterocycles. The van der Waals surface area contributed by atoms with E-state index in [0.29, 0.717) is 13.0 Å². The largest absolute Gasteiger partial charge is 0.480 e. The van der Waals surface area contributed by atoms with E-state index in [1.165, 1.54) is 0 Å². The minimum atomic E-state index is -0.958. The third-order valence-electron chi connectivity index (χ3n) is 3.02. The van der Waals surface area contributed by atoms with Gasteiger partial charge < -0.3 is 21.5 Å². The first-order valence-corrected chi connectivity index (χ1v) is 5.55. The van der Waals surface area contributed by atoms with Gasteiger partial charge >= 0.3 is 5.97 Å². The predicted molar refractivity (Wildman–Crippen MR) is 61.3 cm³/mol. The number of likely N-dealkylation sites (tertiary alicyclic amines) is 1. The molecule has 0 saturated carbocycles. The van der Waals surface area contributed by atoms with Gasteiger partial charge in [0.15, 0.2) is 0 Å². The van der Waals surface area contributed by atoms with E-state index in [2.05, 4.69) is 4.90 Å². The summed E-state index contributed by atoms with van der Waals surface area (Å²) >= 11 is 0. The van der Waals surface area contributed by atoms with Gasteiger partial charge in [-0.15, -0.1) is 0 Å². The number of carboxylic acid groups (broad SMARTS) is 1. The smallest absolute Gasteiger partial charge is 0.320 e. The quantitative estimate of drug-likeness (QED) is 0.371. The van der Waals surface area contributed by atoms with Gasteiger partial charge in [-0.1, -0.05) is 0 Å². The van der Waals surface area contributed by atoms with Crippen molar-refractivity contribution in [3.8, 4) is 0 Å². The summed E-state index contributed by atoms with van der Waals surface area (Å²) in [5.41, 5.74) is 10.9. The first-order chi connectivity index (χ1) is 7.50. The van der Waals surface area contributed by atoms with Crippen LogP contribution in [0.3, 0.4) is 0 Å². The maximum absolute atomic E-state index is 10.5. The summed E-state index contributed by atoms with van der Waals surface area (Å²) in [7, 11) is 0. The Kier molecular flexibility index (Phi) is 4.70. The standard InChI is InChI=1S/C10H20N4O2/c11-8(10(15)16)3-5-14-4-1-2-7(6-14)9(12)13/h7-8H,1-6,11H2,(H3,12,13)(H,15,16)/t7?,8-/m0/s1. The number of carbonyl (C=O) groups is 1. The molecule has 0 aromatic carbocycles. The lowest BCUT2D eigenvalue weighted by Crippen LogP contribution is -2.43. The van der Waals surface area contributed by atoms with E-state index in [4.69, 9.17) is 22.0 Å². The molecular weight excluding hydrogens is 208 g/mol. The topological polar surface area (TPSA) is 116 Å². The van der Waals surface area contributed by atoms with E-state index in [-0.39, 0.29) is 11.8 Å². The van der Waals surface area contributed by atoms with Gasteiger partial charge in [0, 0.05) is 19.0 Å². The second-order valence-corrected chi connectivity index (χ2v) is 4.33. The van der Waals surface area contributed by atoms with E-state index >= 15 is 0 Å². The van der Waals surface area contributed by atoms with Crippen LogP contribution in [0.1, 0.15) is 19.3 Å². The van der Waals surface area contributed by atoms with Gasteiger partial charge in [0.2, 0.25) is 0 Å². The highest BCUT2D eigenvalue weighted by Crippen LogP contribution is 2.16. The molecule has 0 bridgehead atoms. The van der Waals surface area contributed by atoms with Crippen molar-refractivity contribution >= 4 is 11.8 Å². The number of nitrogens with one attached hydrogen (secondary N) is 1. The zero-order valence-electron chi connectivity index (χ0n) is 9.35. The number of hydrogen-bond donors (Lipinski definition) is 4. The molecule has 1 aliphatic rings. The van der Waals surface area contributed by atoms with Crippen LogP contribution < -0.4 is 11.5 Å². The Morgan fingerprint density at radius 3 is 2.88 bits per heavy atom. The first kappa shape index (κ1) is 12.9. The van der Waals surface area contributed by atoms with Crippen LogP contribution in [-0.2, 0) is 4.79 Å². The van der Waals surface area contributed by atoms with Gasteiger partial charge in [0.05, 0.1) is 5.84 Å². The van der Waals surface area contributed by atoms with E-state index in [9.17, 15) is 4.79 Å². The Morgan fingerprint density at radius 1 is 1.62 bits per heavy atom. The van der Waals surface area contributed by atoms with Crippen molar-refractivity contribution in [1.29, 1.82) is 5.41 Å². The molecule has 0 aromatic rings. The summed E-state index contributed by atoms with van der Waals surface area (Å²) in [5.74, 6) is -0.609. The van der Waals surface area contributed by atoms with Crippen LogP contribution in [0.15, 0.2) is 0 Å². The van der Waals surface area contributed by atoms with Crippen LogP contribution in [0.25, 0.3) is 0 Å². The maximum Gasteiger partial charge on any atom is 0.320 e. The minimum absolute atomic E-state index is 0.120. The van der Waals surface area contributed by atoms with Gasteiger partial charge in [-0.3, -0.25) is 10.2 Å². The predicted octanol–water partition coefficient (Wildman–Crippen LogP) is -0.564. The zero-order valence-corrected chi connectivity index (χ0v) is 9.35. The summed E-state index contributed by atoms with van der Waals surface area (Å²) in [6, 6.07) is -0.794. The molecule has 6 nitrogen and oxygen atoms in total. The lowest BCUT2D eigenvalue weighted by atomic mass is 9.97. The fraction of sp³-hybridized carbons (Fsp3) is 0.800. The molecule has 92 valence electrons. The number of nitrogens with zero attached hydrogens (tertiary/aromatic N) is 1. The number of rotatable bonds is 5. The summed E-state index contributed by atoms with van der Waals surface area (Å²) in [6.07, 6.45) is 2.41. The molecule has 0 amide bonds. The van der Waals surface area contributed by atoms with Crippen molar-refractivity contribution < 1.29 is 9.90 Å². The fourth-order valence-corrected chi connectivity index (χ4v) is 1.96. The van der Waals surface area contributed by atoms with Crippen LogP contribution in [0.2, 0.25) is 0 Å². The van der Waals surface area contributed by atoms with Crippen molar-refractivity contribution in [3.63, 3.8) is 0 Å². The molecule has 1 aliphatic heterocycles. The lowest BCUT2D eigenvalue weighted by molar-refractivity contribution is -0.138. The van der Waals surface area contributed by atoms with Gasteiger partial charge in [-0.25, -0.2) is 0 Å². The molecule has 16 heavy (non-hydrogen) atoms. The number of nitrogens with two attached hydrogens (primary N) is 2. The molecule has 0 aliphatic carbocycles. The first-order valence-electron chi connectivity index (χ1n) is 5.55. The van der Waals surface area contributed by atoms with E-state index < -0.39 is 12.0 Å². The molecule has 1 unspecified atom stereocenters. The van der Waals surface area contributed by atoms with Crippen LogP contribution in [0, 0.1) is 11.3 Å². The molecular formula is C10H20N4O2. The van der Waals surface area contributed by atoms with Crippen LogP contribution in [-0.4, -0.2) is 47.5 Å². The number of amidine groups is 1. The molecule has 0 aromatic heterocycles. The molecule has 6 N–H and O–H groups in total. The lowest BCUT2D eigenvalue weighted by Gasteiger charge is -2.32. The number of carboxylic acids is 1. The monoisotopic (exact) mass is 228 g/mol. The Balaban J connectivity index is 2.32. The molecule has 0 spiro atoms. The van der Waals surface area contributed by atoms with E-state index in [0.717, 1.165) is 25.9 Å². The second-order valence-electron chi connectivity index (χ2n) is 4.33.